The van der Waals surface area contributed by atoms with E-state index in [1.165, 1.54) is 5.56 Å². The van der Waals surface area contributed by atoms with E-state index in [4.69, 9.17) is 14.2 Å². The van der Waals surface area contributed by atoms with Crippen LogP contribution in [-0.2, 0) is 22.7 Å². The summed E-state index contributed by atoms with van der Waals surface area (Å²) in [6.07, 6.45) is 4.13. The zero-order valence-corrected chi connectivity index (χ0v) is 19.2. The van der Waals surface area contributed by atoms with Crippen LogP contribution in [0.1, 0.15) is 44.2 Å². The number of hydrogen-bond acceptors (Lipinski definition) is 4. The predicted octanol–water partition coefficient (Wildman–Crippen LogP) is 5.79. The van der Waals surface area contributed by atoms with Crippen molar-refractivity contribution in [3.63, 3.8) is 0 Å². The van der Waals surface area contributed by atoms with Crippen molar-refractivity contribution in [3.8, 4) is 5.75 Å². The summed E-state index contributed by atoms with van der Waals surface area (Å²) in [5.74, 6) is 0.868. The fourth-order valence-electron chi connectivity index (χ4n) is 3.58. The first kappa shape index (κ1) is 25.1. The van der Waals surface area contributed by atoms with Crippen molar-refractivity contribution in [1.82, 2.24) is 0 Å². The van der Waals surface area contributed by atoms with Crippen molar-refractivity contribution in [2.24, 2.45) is 11.8 Å². The zero-order valence-electron chi connectivity index (χ0n) is 19.2. The summed E-state index contributed by atoms with van der Waals surface area (Å²) in [6, 6.07) is 18.1. The van der Waals surface area contributed by atoms with E-state index in [0.29, 0.717) is 13.2 Å². The van der Waals surface area contributed by atoms with E-state index in [1.54, 1.807) is 13.2 Å². The van der Waals surface area contributed by atoms with E-state index in [0.717, 1.165) is 37.2 Å². The fraction of sp³-hybridized carbons (Fsp3) is 0.481. The third kappa shape index (κ3) is 8.86. The van der Waals surface area contributed by atoms with Gasteiger partial charge in [-0.1, -0.05) is 62.4 Å². The molecule has 0 aliphatic rings. The van der Waals surface area contributed by atoms with Crippen LogP contribution in [0.25, 0.3) is 0 Å². The second-order valence-corrected chi connectivity index (χ2v) is 8.18. The molecule has 0 aliphatic carbocycles. The van der Waals surface area contributed by atoms with Gasteiger partial charge in [-0.15, -0.1) is 6.58 Å². The number of aliphatic hydroxyl groups excluding tert-OH is 1. The largest absolute Gasteiger partial charge is 0.497 e. The summed E-state index contributed by atoms with van der Waals surface area (Å²) < 4.78 is 17.3. The van der Waals surface area contributed by atoms with Gasteiger partial charge in [-0.3, -0.25) is 0 Å². The van der Waals surface area contributed by atoms with E-state index < -0.39 is 6.10 Å². The smallest absolute Gasteiger partial charge is 0.118 e. The van der Waals surface area contributed by atoms with Crippen LogP contribution in [0.2, 0.25) is 0 Å². The minimum Gasteiger partial charge on any atom is -0.497 e. The monoisotopic (exact) mass is 426 g/mol. The predicted molar refractivity (Wildman–Crippen MR) is 126 cm³/mol. The Morgan fingerprint density at radius 3 is 2.26 bits per heavy atom. The topological polar surface area (TPSA) is 47.9 Å². The maximum Gasteiger partial charge on any atom is 0.118 e. The molecular weight excluding hydrogens is 388 g/mol. The molecule has 2 rings (SSSR count). The Hall–Kier alpha value is -2.14. The molecule has 1 N–H and O–H groups in total. The van der Waals surface area contributed by atoms with E-state index in [-0.39, 0.29) is 17.9 Å². The maximum atomic E-state index is 10.7. The summed E-state index contributed by atoms with van der Waals surface area (Å²) in [4.78, 5) is 0. The number of ether oxygens (including phenoxy) is 3. The molecule has 31 heavy (non-hydrogen) atoms. The lowest BCUT2D eigenvalue weighted by Crippen LogP contribution is -2.35. The van der Waals surface area contributed by atoms with Crippen LogP contribution in [0.4, 0.5) is 0 Å². The first-order valence-corrected chi connectivity index (χ1v) is 11.2. The standard InChI is InChI=1S/C27H38O4/c1-5-21(2)27(28)22(3)26(31-20-24-14-16-25(29-4)17-15-24)13-9-10-18-30-19-23-11-7-6-8-12-23/h5-8,11-12,14-17,21-22,26-28H,1,9-10,13,18-20H2,2-4H3/t21-,22-,26-,27-/m1/s1. The molecule has 4 heteroatoms. The number of unbranched alkanes of at least 4 members (excludes halogenated alkanes) is 1. The molecule has 0 radical (unpaired) electrons. The van der Waals surface area contributed by atoms with Gasteiger partial charge in [-0.25, -0.2) is 0 Å². The highest BCUT2D eigenvalue weighted by Crippen LogP contribution is 2.24. The zero-order chi connectivity index (χ0) is 22.5. The van der Waals surface area contributed by atoms with E-state index in [2.05, 4.69) is 25.6 Å². The van der Waals surface area contributed by atoms with Crippen LogP contribution in [0.3, 0.4) is 0 Å². The molecule has 2 aromatic rings. The lowest BCUT2D eigenvalue weighted by molar-refractivity contribution is -0.0527. The molecule has 4 nitrogen and oxygen atoms in total. The van der Waals surface area contributed by atoms with Crippen LogP contribution < -0.4 is 4.74 Å². The summed E-state index contributed by atoms with van der Waals surface area (Å²) >= 11 is 0. The third-order valence-electron chi connectivity index (χ3n) is 5.80. The van der Waals surface area contributed by atoms with Gasteiger partial charge in [0.2, 0.25) is 0 Å². The van der Waals surface area contributed by atoms with Gasteiger partial charge in [0.25, 0.3) is 0 Å². The summed E-state index contributed by atoms with van der Waals surface area (Å²) in [5, 5.41) is 10.7. The molecule has 0 amide bonds. The minimum absolute atomic E-state index is 0.0106. The number of aliphatic hydroxyl groups is 1. The average Bonchev–Trinajstić information content (AvgIpc) is 2.82. The summed E-state index contributed by atoms with van der Waals surface area (Å²) in [5.41, 5.74) is 2.29. The van der Waals surface area contributed by atoms with Crippen molar-refractivity contribution in [2.75, 3.05) is 13.7 Å². The Balaban J connectivity index is 1.83. The summed E-state index contributed by atoms with van der Waals surface area (Å²) in [7, 11) is 1.66. The fourth-order valence-corrected chi connectivity index (χ4v) is 3.58. The molecule has 2 aromatic carbocycles. The molecule has 4 atom stereocenters. The first-order chi connectivity index (χ1) is 15.0. The van der Waals surface area contributed by atoms with Crippen molar-refractivity contribution < 1.29 is 19.3 Å². The van der Waals surface area contributed by atoms with Gasteiger partial charge in [-0.2, -0.15) is 0 Å². The molecule has 0 unspecified atom stereocenters. The van der Waals surface area contributed by atoms with E-state index >= 15 is 0 Å². The minimum atomic E-state index is -0.479. The molecule has 0 saturated heterocycles. The lowest BCUT2D eigenvalue weighted by atomic mass is 9.87. The van der Waals surface area contributed by atoms with E-state index in [9.17, 15) is 5.11 Å². The van der Waals surface area contributed by atoms with Crippen molar-refractivity contribution in [1.29, 1.82) is 0 Å². The van der Waals surface area contributed by atoms with Crippen molar-refractivity contribution >= 4 is 0 Å². The Kier molecular flexibility index (Phi) is 11.4. The van der Waals surface area contributed by atoms with Crippen LogP contribution in [0.15, 0.2) is 67.3 Å². The molecule has 0 saturated carbocycles. The molecule has 0 bridgehead atoms. The average molecular weight is 427 g/mol. The molecular formula is C27H38O4. The molecule has 0 heterocycles. The Morgan fingerprint density at radius 1 is 0.935 bits per heavy atom. The number of rotatable bonds is 15. The molecule has 0 aliphatic heterocycles. The van der Waals surface area contributed by atoms with Crippen LogP contribution in [0, 0.1) is 11.8 Å². The van der Waals surface area contributed by atoms with Crippen molar-refractivity contribution in [2.45, 2.75) is 58.5 Å². The molecule has 0 aromatic heterocycles. The van der Waals surface area contributed by atoms with Gasteiger partial charge >= 0.3 is 0 Å². The lowest BCUT2D eigenvalue weighted by Gasteiger charge is -2.30. The molecule has 0 fully saturated rings. The highest BCUT2D eigenvalue weighted by Gasteiger charge is 2.27. The highest BCUT2D eigenvalue weighted by atomic mass is 16.5. The highest BCUT2D eigenvalue weighted by molar-refractivity contribution is 5.26. The van der Waals surface area contributed by atoms with Gasteiger partial charge < -0.3 is 19.3 Å². The Labute approximate surface area is 187 Å². The number of hydrogen-bond donors (Lipinski definition) is 1. The maximum absolute atomic E-state index is 10.7. The number of benzene rings is 2. The van der Waals surface area contributed by atoms with Gasteiger partial charge in [0.1, 0.15) is 5.75 Å². The second-order valence-electron chi connectivity index (χ2n) is 8.18. The van der Waals surface area contributed by atoms with Crippen LogP contribution in [-0.4, -0.2) is 31.0 Å². The molecule has 170 valence electrons. The first-order valence-electron chi connectivity index (χ1n) is 11.2. The Morgan fingerprint density at radius 2 is 1.61 bits per heavy atom. The summed E-state index contributed by atoms with van der Waals surface area (Å²) in [6.45, 7) is 9.76. The normalized spacial score (nSPS) is 15.1. The quantitative estimate of drug-likeness (QED) is 0.289. The molecule has 0 spiro atoms. The Bertz CT molecular complexity index is 729. The van der Waals surface area contributed by atoms with Gasteiger partial charge in [0.05, 0.1) is 32.5 Å². The van der Waals surface area contributed by atoms with Crippen LogP contribution >= 0.6 is 0 Å². The SMILES string of the molecule is C=C[C@@H](C)[C@@H](O)[C@H](C)[C@@H](CCCCOCc1ccccc1)OCc1ccc(OC)cc1. The number of methoxy groups -OCH3 is 1. The van der Waals surface area contributed by atoms with Gasteiger partial charge in [-0.05, 0) is 42.5 Å². The van der Waals surface area contributed by atoms with Crippen LogP contribution in [0.5, 0.6) is 5.75 Å². The second kappa shape index (κ2) is 14.0. The van der Waals surface area contributed by atoms with Crippen molar-refractivity contribution in [3.05, 3.63) is 78.4 Å². The van der Waals surface area contributed by atoms with E-state index in [1.807, 2.05) is 49.4 Å². The van der Waals surface area contributed by atoms with Gasteiger partial charge in [0, 0.05) is 18.4 Å². The third-order valence-corrected chi connectivity index (χ3v) is 5.80. The van der Waals surface area contributed by atoms with Gasteiger partial charge in [0.15, 0.2) is 0 Å².